The summed E-state index contributed by atoms with van der Waals surface area (Å²) < 4.78 is 5.15. The third kappa shape index (κ3) is 5.57. The molecular weight excluding hydrogens is 266 g/mol. The van der Waals surface area contributed by atoms with Crippen LogP contribution < -0.4 is 5.32 Å². The Bertz CT molecular complexity index is 323. The molecule has 1 fully saturated rings. The molecule has 0 amide bonds. The topological polar surface area (TPSA) is 44.8 Å². The number of likely N-dealkylation sites (tertiary alicyclic amines) is 1. The van der Waals surface area contributed by atoms with E-state index in [1.165, 1.54) is 19.5 Å². The maximum Gasteiger partial charge on any atom is 0.326 e. The van der Waals surface area contributed by atoms with Gasteiger partial charge < -0.3 is 19.9 Å². The van der Waals surface area contributed by atoms with Crippen LogP contribution in [0.25, 0.3) is 0 Å². The van der Waals surface area contributed by atoms with E-state index in [2.05, 4.69) is 29.2 Å². The monoisotopic (exact) mass is 299 g/mol. The van der Waals surface area contributed by atoms with Gasteiger partial charge in [0.05, 0.1) is 6.61 Å². The highest BCUT2D eigenvalue weighted by Crippen LogP contribution is 2.18. The standard InChI is InChI=1S/C16H33N3O2/c1-6-21-15(20)16(2,17-3)10-7-8-11-19-12-9-14(13-19)18(4)5/h14,17H,6-13H2,1-5H3. The van der Waals surface area contributed by atoms with Crippen molar-refractivity contribution in [2.45, 2.75) is 51.1 Å². The summed E-state index contributed by atoms with van der Waals surface area (Å²) >= 11 is 0. The van der Waals surface area contributed by atoms with E-state index >= 15 is 0 Å². The van der Waals surface area contributed by atoms with Gasteiger partial charge in [0.2, 0.25) is 0 Å². The smallest absolute Gasteiger partial charge is 0.326 e. The van der Waals surface area contributed by atoms with Crippen molar-refractivity contribution >= 4 is 5.97 Å². The van der Waals surface area contributed by atoms with Crippen LogP contribution in [-0.2, 0) is 9.53 Å². The molecule has 21 heavy (non-hydrogen) atoms. The van der Waals surface area contributed by atoms with Gasteiger partial charge in [0.25, 0.3) is 0 Å². The van der Waals surface area contributed by atoms with Gasteiger partial charge in [-0.25, -0.2) is 0 Å². The van der Waals surface area contributed by atoms with Crippen molar-refractivity contribution in [2.24, 2.45) is 0 Å². The Balaban J connectivity index is 2.25. The Labute approximate surface area is 130 Å². The zero-order valence-corrected chi connectivity index (χ0v) is 14.4. The lowest BCUT2D eigenvalue weighted by atomic mass is 9.95. The van der Waals surface area contributed by atoms with Crippen LogP contribution in [-0.4, -0.2) is 74.7 Å². The van der Waals surface area contributed by atoms with Crippen molar-refractivity contribution in [1.82, 2.24) is 15.1 Å². The summed E-state index contributed by atoms with van der Waals surface area (Å²) in [6.45, 7) is 7.73. The summed E-state index contributed by atoms with van der Waals surface area (Å²) in [5.74, 6) is -0.138. The lowest BCUT2D eigenvalue weighted by Crippen LogP contribution is -2.48. The molecule has 0 aromatic heterocycles. The Morgan fingerprint density at radius 3 is 2.67 bits per heavy atom. The normalized spacial score (nSPS) is 22.5. The number of ether oxygens (including phenoxy) is 1. The lowest BCUT2D eigenvalue weighted by molar-refractivity contribution is -0.150. The number of unbranched alkanes of at least 4 members (excludes halogenated alkanes) is 1. The molecule has 1 saturated heterocycles. The second-order valence-electron chi connectivity index (χ2n) is 6.47. The Hall–Kier alpha value is -0.650. The molecule has 5 nitrogen and oxygen atoms in total. The van der Waals surface area contributed by atoms with Gasteiger partial charge in [-0.05, 0) is 73.8 Å². The highest BCUT2D eigenvalue weighted by molar-refractivity contribution is 5.80. The van der Waals surface area contributed by atoms with Crippen LogP contribution in [0.15, 0.2) is 0 Å². The first-order valence-corrected chi connectivity index (χ1v) is 8.18. The highest BCUT2D eigenvalue weighted by Gasteiger charge is 2.32. The summed E-state index contributed by atoms with van der Waals surface area (Å²) in [5, 5.41) is 3.12. The predicted molar refractivity (Wildman–Crippen MR) is 86.5 cm³/mol. The number of likely N-dealkylation sites (N-methyl/N-ethyl adjacent to an activating group) is 2. The van der Waals surface area contributed by atoms with E-state index < -0.39 is 5.54 Å². The summed E-state index contributed by atoms with van der Waals surface area (Å²) in [6.07, 6.45) is 4.27. The summed E-state index contributed by atoms with van der Waals surface area (Å²) in [6, 6.07) is 0.701. The van der Waals surface area contributed by atoms with Gasteiger partial charge >= 0.3 is 5.97 Å². The molecule has 5 heteroatoms. The molecule has 0 aromatic carbocycles. The summed E-state index contributed by atoms with van der Waals surface area (Å²) in [5.41, 5.74) is -0.548. The van der Waals surface area contributed by atoms with Gasteiger partial charge in [0.1, 0.15) is 5.54 Å². The fourth-order valence-electron chi connectivity index (χ4n) is 2.87. The molecule has 1 heterocycles. The van der Waals surface area contributed by atoms with Gasteiger partial charge in [-0.15, -0.1) is 0 Å². The Morgan fingerprint density at radius 2 is 2.14 bits per heavy atom. The first-order valence-electron chi connectivity index (χ1n) is 8.18. The predicted octanol–water partition coefficient (Wildman–Crippen LogP) is 1.33. The molecule has 124 valence electrons. The van der Waals surface area contributed by atoms with Crippen molar-refractivity contribution in [2.75, 3.05) is 47.4 Å². The van der Waals surface area contributed by atoms with Crippen molar-refractivity contribution < 1.29 is 9.53 Å². The first kappa shape index (κ1) is 18.4. The first-order chi connectivity index (χ1) is 9.92. The van der Waals surface area contributed by atoms with Crippen molar-refractivity contribution in [1.29, 1.82) is 0 Å². The second kappa shape index (κ2) is 8.71. The van der Waals surface area contributed by atoms with Crippen LogP contribution in [0.4, 0.5) is 0 Å². The molecular formula is C16H33N3O2. The fourth-order valence-corrected chi connectivity index (χ4v) is 2.87. The average Bonchev–Trinajstić information content (AvgIpc) is 2.92. The molecule has 0 aromatic rings. The van der Waals surface area contributed by atoms with Crippen LogP contribution in [0.3, 0.4) is 0 Å². The third-order valence-electron chi connectivity index (χ3n) is 4.66. The molecule has 1 aliphatic rings. The third-order valence-corrected chi connectivity index (χ3v) is 4.66. The number of carbonyl (C=O) groups excluding carboxylic acids is 1. The van der Waals surface area contributed by atoms with E-state index in [9.17, 15) is 4.79 Å². The molecule has 0 radical (unpaired) electrons. The van der Waals surface area contributed by atoms with E-state index in [1.54, 1.807) is 0 Å². The van der Waals surface area contributed by atoms with Crippen molar-refractivity contribution in [3.8, 4) is 0 Å². The molecule has 1 N–H and O–H groups in total. The zero-order chi connectivity index (χ0) is 15.9. The highest BCUT2D eigenvalue weighted by atomic mass is 16.5. The van der Waals surface area contributed by atoms with E-state index in [0.717, 1.165) is 25.8 Å². The molecule has 1 rings (SSSR count). The van der Waals surface area contributed by atoms with E-state index in [0.29, 0.717) is 12.6 Å². The maximum absolute atomic E-state index is 12.0. The number of hydrogen-bond acceptors (Lipinski definition) is 5. The van der Waals surface area contributed by atoms with Crippen LogP contribution >= 0.6 is 0 Å². The molecule has 0 saturated carbocycles. The number of hydrogen-bond donors (Lipinski definition) is 1. The summed E-state index contributed by atoms with van der Waals surface area (Å²) in [4.78, 5) is 16.8. The van der Waals surface area contributed by atoms with Crippen LogP contribution in [0, 0.1) is 0 Å². The van der Waals surface area contributed by atoms with E-state index in [1.807, 2.05) is 20.9 Å². The number of rotatable bonds is 9. The molecule has 0 bridgehead atoms. The number of carbonyl (C=O) groups is 1. The largest absolute Gasteiger partial charge is 0.465 e. The number of nitrogens with one attached hydrogen (secondary N) is 1. The minimum absolute atomic E-state index is 0.138. The quantitative estimate of drug-likeness (QED) is 0.514. The van der Waals surface area contributed by atoms with E-state index in [4.69, 9.17) is 4.74 Å². The molecule has 1 aliphatic heterocycles. The number of nitrogens with zero attached hydrogens (tertiary/aromatic N) is 2. The Kier molecular flexibility index (Phi) is 7.63. The molecule has 2 atom stereocenters. The second-order valence-corrected chi connectivity index (χ2v) is 6.47. The minimum Gasteiger partial charge on any atom is -0.465 e. The minimum atomic E-state index is -0.548. The van der Waals surface area contributed by atoms with Gasteiger partial charge in [-0.1, -0.05) is 0 Å². The van der Waals surface area contributed by atoms with Crippen LogP contribution in [0.2, 0.25) is 0 Å². The van der Waals surface area contributed by atoms with Gasteiger partial charge in [-0.3, -0.25) is 4.79 Å². The van der Waals surface area contributed by atoms with Crippen LogP contribution in [0.1, 0.15) is 39.5 Å². The SMILES string of the molecule is CCOC(=O)C(C)(CCCCN1CCC(N(C)C)C1)NC. The van der Waals surface area contributed by atoms with Crippen molar-refractivity contribution in [3.63, 3.8) is 0 Å². The average molecular weight is 299 g/mol. The number of esters is 1. The maximum atomic E-state index is 12.0. The lowest BCUT2D eigenvalue weighted by Gasteiger charge is -2.27. The van der Waals surface area contributed by atoms with Gasteiger partial charge in [0, 0.05) is 12.6 Å². The Morgan fingerprint density at radius 1 is 1.43 bits per heavy atom. The fraction of sp³-hybridized carbons (Fsp3) is 0.938. The van der Waals surface area contributed by atoms with Gasteiger partial charge in [-0.2, -0.15) is 0 Å². The zero-order valence-electron chi connectivity index (χ0n) is 14.4. The molecule has 2 unspecified atom stereocenters. The van der Waals surface area contributed by atoms with Gasteiger partial charge in [0.15, 0.2) is 0 Å². The van der Waals surface area contributed by atoms with E-state index in [-0.39, 0.29) is 5.97 Å². The molecule has 0 aliphatic carbocycles. The molecule has 0 spiro atoms. The van der Waals surface area contributed by atoms with Crippen LogP contribution in [0.5, 0.6) is 0 Å². The summed E-state index contributed by atoms with van der Waals surface area (Å²) in [7, 11) is 6.15. The van der Waals surface area contributed by atoms with Crippen molar-refractivity contribution in [3.05, 3.63) is 0 Å².